The van der Waals surface area contributed by atoms with Gasteiger partial charge < -0.3 is 5.11 Å². The van der Waals surface area contributed by atoms with Crippen molar-refractivity contribution >= 4 is 17.1 Å². The van der Waals surface area contributed by atoms with Gasteiger partial charge in [0.25, 0.3) is 0 Å². The first-order chi connectivity index (χ1) is 12.3. The molecule has 0 saturated carbocycles. The Labute approximate surface area is 154 Å². The highest BCUT2D eigenvalue weighted by molar-refractivity contribution is 5.63. The first kappa shape index (κ1) is 18.1. The Morgan fingerprint density at radius 1 is 1.04 bits per heavy atom. The first-order valence-corrected chi connectivity index (χ1v) is 8.63. The number of nitrogens with one attached hydrogen (secondary N) is 1. The fraction of sp³-hybridized carbons (Fsp3) is 0.300. The number of aliphatic hydroxyl groups is 1. The summed E-state index contributed by atoms with van der Waals surface area (Å²) < 4.78 is 0.653. The van der Waals surface area contributed by atoms with E-state index in [0.29, 0.717) is 10.9 Å². The van der Waals surface area contributed by atoms with Gasteiger partial charge in [0.2, 0.25) is 0 Å². The van der Waals surface area contributed by atoms with Crippen molar-refractivity contribution in [1.82, 2.24) is 9.91 Å². The highest BCUT2D eigenvalue weighted by Gasteiger charge is 2.32. The predicted octanol–water partition coefficient (Wildman–Crippen LogP) is 4.50. The molecule has 3 rings (SSSR count). The summed E-state index contributed by atoms with van der Waals surface area (Å²) in [5, 5.41) is 21.1. The maximum absolute atomic E-state index is 10.2. The number of hydrazine groups is 1. The van der Waals surface area contributed by atoms with Crippen LogP contribution in [0.5, 0.6) is 0 Å². The molecule has 0 spiro atoms. The second-order valence-electron chi connectivity index (χ2n) is 7.59. The summed E-state index contributed by atoms with van der Waals surface area (Å²) in [6, 6.07) is 17.8. The predicted molar refractivity (Wildman–Crippen MR) is 106 cm³/mol. The van der Waals surface area contributed by atoms with E-state index in [4.69, 9.17) is 0 Å². The SMILES string of the molecule is CC1(N=Nc2ccccc2[N+](C)(C)C)CC(O)=CN(c2ccccc2)N1. The molecule has 6 nitrogen and oxygen atoms in total. The van der Waals surface area contributed by atoms with E-state index in [9.17, 15) is 5.11 Å². The fourth-order valence-electron chi connectivity index (χ4n) is 2.94. The Balaban J connectivity index is 1.88. The second-order valence-corrected chi connectivity index (χ2v) is 7.59. The van der Waals surface area contributed by atoms with Crippen molar-refractivity contribution in [3.8, 4) is 0 Å². The number of para-hydroxylation sites is 2. The normalized spacial score (nSPS) is 21.1. The molecular formula is C20H26N5O+. The molecule has 2 N–H and O–H groups in total. The Morgan fingerprint density at radius 3 is 2.38 bits per heavy atom. The number of nitrogens with zero attached hydrogens (tertiary/aromatic N) is 4. The molecule has 1 unspecified atom stereocenters. The van der Waals surface area contributed by atoms with E-state index in [0.717, 1.165) is 17.1 Å². The Kier molecular flexibility index (Phi) is 4.80. The maximum atomic E-state index is 10.2. The number of hydrogen-bond acceptors (Lipinski definition) is 5. The molecule has 0 aromatic heterocycles. The molecule has 0 bridgehead atoms. The molecule has 1 aliphatic heterocycles. The van der Waals surface area contributed by atoms with Crippen LogP contribution in [-0.4, -0.2) is 31.9 Å². The van der Waals surface area contributed by atoms with Gasteiger partial charge in [-0.25, -0.2) is 5.43 Å². The van der Waals surface area contributed by atoms with E-state index < -0.39 is 5.66 Å². The zero-order valence-corrected chi connectivity index (χ0v) is 15.7. The smallest absolute Gasteiger partial charge is 0.160 e. The summed E-state index contributed by atoms with van der Waals surface area (Å²) in [6.45, 7) is 1.92. The maximum Gasteiger partial charge on any atom is 0.160 e. The van der Waals surface area contributed by atoms with Crippen LogP contribution in [0.25, 0.3) is 0 Å². The summed E-state index contributed by atoms with van der Waals surface area (Å²) >= 11 is 0. The molecule has 0 aliphatic carbocycles. The zero-order chi connectivity index (χ0) is 18.8. The highest BCUT2D eigenvalue weighted by atomic mass is 16.3. The van der Waals surface area contributed by atoms with Gasteiger partial charge in [0.1, 0.15) is 11.4 Å². The third kappa shape index (κ3) is 4.09. The van der Waals surface area contributed by atoms with Gasteiger partial charge in [0, 0.05) is 12.5 Å². The van der Waals surface area contributed by atoms with Gasteiger partial charge in [-0.1, -0.05) is 30.3 Å². The van der Waals surface area contributed by atoms with Gasteiger partial charge in [-0.2, -0.15) is 5.11 Å². The molecular weight excluding hydrogens is 326 g/mol. The van der Waals surface area contributed by atoms with Crippen LogP contribution < -0.4 is 14.9 Å². The van der Waals surface area contributed by atoms with Crippen molar-refractivity contribution in [2.75, 3.05) is 26.2 Å². The van der Waals surface area contributed by atoms with Crippen LogP contribution in [0.1, 0.15) is 13.3 Å². The lowest BCUT2D eigenvalue weighted by Crippen LogP contribution is -2.52. The Hall–Kier alpha value is -2.70. The fourth-order valence-corrected chi connectivity index (χ4v) is 2.94. The third-order valence-electron chi connectivity index (χ3n) is 4.18. The molecule has 1 heterocycles. The molecule has 2 aromatic rings. The van der Waals surface area contributed by atoms with Crippen LogP contribution >= 0.6 is 0 Å². The van der Waals surface area contributed by atoms with Crippen molar-refractivity contribution in [1.29, 1.82) is 0 Å². The summed E-state index contributed by atoms with van der Waals surface area (Å²) in [5.41, 5.74) is 5.42. The minimum atomic E-state index is -0.743. The minimum absolute atomic E-state index is 0.258. The number of azo groups is 1. The van der Waals surface area contributed by atoms with Crippen LogP contribution in [0.3, 0.4) is 0 Å². The summed E-state index contributed by atoms with van der Waals surface area (Å²) in [5.74, 6) is 0.258. The average Bonchev–Trinajstić information content (AvgIpc) is 2.59. The van der Waals surface area contributed by atoms with Crippen LogP contribution in [0.4, 0.5) is 17.1 Å². The molecule has 26 heavy (non-hydrogen) atoms. The number of benzene rings is 2. The molecule has 0 amide bonds. The van der Waals surface area contributed by atoms with Gasteiger partial charge in [-0.3, -0.25) is 9.49 Å². The van der Waals surface area contributed by atoms with Crippen LogP contribution in [0.15, 0.2) is 76.8 Å². The molecule has 0 radical (unpaired) electrons. The van der Waals surface area contributed by atoms with E-state index in [1.807, 2.05) is 55.5 Å². The van der Waals surface area contributed by atoms with Crippen molar-refractivity contribution in [2.45, 2.75) is 19.0 Å². The summed E-state index contributed by atoms with van der Waals surface area (Å²) in [4.78, 5) is 0. The van der Waals surface area contributed by atoms with Gasteiger partial charge in [-0.15, -0.1) is 5.11 Å². The van der Waals surface area contributed by atoms with Crippen LogP contribution in [-0.2, 0) is 0 Å². The van der Waals surface area contributed by atoms with Crippen molar-refractivity contribution in [3.05, 3.63) is 66.6 Å². The standard InChI is InChI=1S/C20H25N5O/c1-20(22-21-18-12-8-9-13-19(18)25(2,3)4)14-17(26)15-24(23-20)16-10-6-5-7-11-16/h5-13,15,23H,14H2,1-4H3/p+1. The number of anilines is 1. The minimum Gasteiger partial charge on any atom is -0.511 e. The number of quaternary nitrogens is 1. The van der Waals surface area contributed by atoms with E-state index >= 15 is 0 Å². The van der Waals surface area contributed by atoms with Gasteiger partial charge in [0.05, 0.1) is 33.0 Å². The second kappa shape index (κ2) is 6.90. The van der Waals surface area contributed by atoms with Crippen molar-refractivity contribution < 1.29 is 5.11 Å². The number of hydrogen-bond donors (Lipinski definition) is 2. The molecule has 0 fully saturated rings. The topological polar surface area (TPSA) is 60.2 Å². The van der Waals surface area contributed by atoms with E-state index in [1.165, 1.54) is 0 Å². The molecule has 6 heteroatoms. The molecule has 1 aliphatic rings. The average molecular weight is 352 g/mol. The summed E-state index contributed by atoms with van der Waals surface area (Å²) in [7, 11) is 6.29. The lowest BCUT2D eigenvalue weighted by molar-refractivity contribution is 0.264. The monoisotopic (exact) mass is 352 g/mol. The van der Waals surface area contributed by atoms with Crippen LogP contribution in [0, 0.1) is 0 Å². The lowest BCUT2D eigenvalue weighted by atomic mass is 10.1. The number of aliphatic hydroxyl groups excluding tert-OH is 1. The van der Waals surface area contributed by atoms with E-state index in [1.54, 1.807) is 11.2 Å². The van der Waals surface area contributed by atoms with Crippen LogP contribution in [0.2, 0.25) is 0 Å². The highest BCUT2D eigenvalue weighted by Crippen LogP contribution is 2.33. The van der Waals surface area contributed by atoms with Gasteiger partial charge in [-0.05, 0) is 25.1 Å². The first-order valence-electron chi connectivity index (χ1n) is 8.63. The molecule has 136 valence electrons. The number of rotatable bonds is 4. The van der Waals surface area contributed by atoms with Crippen molar-refractivity contribution in [3.63, 3.8) is 0 Å². The largest absolute Gasteiger partial charge is 0.511 e. The third-order valence-corrected chi connectivity index (χ3v) is 4.18. The van der Waals surface area contributed by atoms with E-state index in [2.05, 4.69) is 42.9 Å². The summed E-state index contributed by atoms with van der Waals surface area (Å²) in [6.07, 6.45) is 2.04. The van der Waals surface area contributed by atoms with E-state index in [-0.39, 0.29) is 5.76 Å². The Bertz CT molecular complexity index is 826. The molecule has 0 saturated heterocycles. The van der Waals surface area contributed by atoms with Crippen molar-refractivity contribution in [2.24, 2.45) is 10.2 Å². The van der Waals surface area contributed by atoms with Gasteiger partial charge >= 0.3 is 0 Å². The molecule has 1 atom stereocenters. The molecule has 2 aromatic carbocycles. The van der Waals surface area contributed by atoms with Gasteiger partial charge in [0.15, 0.2) is 11.4 Å². The Morgan fingerprint density at radius 2 is 1.69 bits per heavy atom. The zero-order valence-electron chi connectivity index (χ0n) is 15.7. The lowest BCUT2D eigenvalue weighted by Gasteiger charge is -2.36. The quantitative estimate of drug-likeness (QED) is 0.629.